The Kier molecular flexibility index (Phi) is 9.03. The van der Waals surface area contributed by atoms with E-state index in [1.807, 2.05) is 4.72 Å². The molecular weight excluding hydrogens is 605 g/mol. The quantitative estimate of drug-likeness (QED) is 0.437. The first-order chi connectivity index (χ1) is 18.6. The van der Waals surface area contributed by atoms with E-state index >= 15 is 0 Å². The summed E-state index contributed by atoms with van der Waals surface area (Å²) in [6, 6.07) is 2.54. The molecule has 1 atom stereocenters. The number of alkyl halides is 9. The number of rotatable bonds is 8. The number of para-hydroxylation sites is 1. The summed E-state index contributed by atoms with van der Waals surface area (Å²) >= 11 is 0. The van der Waals surface area contributed by atoms with E-state index in [0.29, 0.717) is 4.90 Å². The molecule has 232 valence electrons. The number of nitrogens with zero attached hydrogens (tertiary/aromatic N) is 2. The van der Waals surface area contributed by atoms with Gasteiger partial charge in [0.2, 0.25) is 15.9 Å². The minimum Gasteiger partial charge on any atom is -0.492 e. The number of benzene rings is 1. The molecule has 0 spiro atoms. The number of carbonyl (C=O) groups is 2. The van der Waals surface area contributed by atoms with Gasteiger partial charge >= 0.3 is 24.6 Å². The van der Waals surface area contributed by atoms with Gasteiger partial charge in [-0.1, -0.05) is 18.2 Å². The maximum absolute atomic E-state index is 14.3. The number of hydrogen-bond donors (Lipinski definition) is 1. The zero-order chi connectivity index (χ0) is 31.0. The molecule has 1 aromatic rings. The number of nitrogens with one attached hydrogen (secondary N) is 1. The Morgan fingerprint density at radius 2 is 1.46 bits per heavy atom. The number of halogens is 9. The first-order valence-electron chi connectivity index (χ1n) is 11.8. The first kappa shape index (κ1) is 32.6. The third-order valence-corrected chi connectivity index (χ3v) is 6.95. The van der Waals surface area contributed by atoms with Crippen molar-refractivity contribution in [3.63, 3.8) is 0 Å². The number of sulfonamides is 1. The molecule has 2 aliphatic rings. The Morgan fingerprint density at radius 3 is 1.93 bits per heavy atom. The molecule has 0 aromatic heterocycles. The van der Waals surface area contributed by atoms with E-state index in [9.17, 15) is 57.5 Å². The second kappa shape index (κ2) is 11.4. The summed E-state index contributed by atoms with van der Waals surface area (Å²) in [5.74, 6) is -1.15. The van der Waals surface area contributed by atoms with Crippen LogP contribution in [0.4, 0.5) is 44.3 Å². The smallest absolute Gasteiger partial charge is 0.434 e. The number of piperazine rings is 1. The van der Waals surface area contributed by atoms with Gasteiger partial charge in [0.1, 0.15) is 18.4 Å². The topological polar surface area (TPSA) is 105 Å². The van der Waals surface area contributed by atoms with Crippen molar-refractivity contribution in [2.45, 2.75) is 43.5 Å². The Balaban J connectivity index is 1.73. The monoisotopic (exact) mass is 629 g/mol. The van der Waals surface area contributed by atoms with Gasteiger partial charge in [-0.3, -0.25) is 14.4 Å². The standard InChI is InChI=1S/C22H24F9N3O6S/c1-41(37,38)32-17(35)19(6-7-19)12-39-14-5-3-2-4-13(14)15(20(23,24)25)33-8-10-34(11-9-33)18(36)40-16(21(26,27)28)22(29,30)31/h2-5,15-16H,6-12H2,1H3,(H,32,35). The van der Waals surface area contributed by atoms with Crippen molar-refractivity contribution in [1.82, 2.24) is 14.5 Å². The summed E-state index contributed by atoms with van der Waals surface area (Å²) in [5.41, 5.74) is -1.68. The molecule has 0 bridgehead atoms. The maximum Gasteiger partial charge on any atom is 0.434 e. The Bertz CT molecular complexity index is 1210. The van der Waals surface area contributed by atoms with Crippen molar-refractivity contribution in [1.29, 1.82) is 0 Å². The Labute approximate surface area is 227 Å². The van der Waals surface area contributed by atoms with Gasteiger partial charge in [0.25, 0.3) is 6.10 Å². The highest BCUT2D eigenvalue weighted by molar-refractivity contribution is 7.89. The minimum absolute atomic E-state index is 0.223. The second-order valence-electron chi connectivity index (χ2n) is 9.62. The maximum atomic E-state index is 14.3. The largest absolute Gasteiger partial charge is 0.492 e. The number of hydrogen-bond acceptors (Lipinski definition) is 7. The third kappa shape index (κ3) is 8.30. The molecule has 19 heteroatoms. The number of ether oxygens (including phenoxy) is 2. The lowest BCUT2D eigenvalue weighted by Crippen LogP contribution is -2.54. The van der Waals surface area contributed by atoms with Gasteiger partial charge in [-0.15, -0.1) is 0 Å². The predicted octanol–water partition coefficient (Wildman–Crippen LogP) is 3.77. The molecule has 1 heterocycles. The minimum atomic E-state index is -5.95. The zero-order valence-electron chi connectivity index (χ0n) is 21.1. The molecule has 41 heavy (non-hydrogen) atoms. The molecule has 1 aliphatic heterocycles. The van der Waals surface area contributed by atoms with Crippen LogP contribution < -0.4 is 9.46 Å². The fraction of sp³-hybridized carbons (Fsp3) is 0.636. The summed E-state index contributed by atoms with van der Waals surface area (Å²) in [6.45, 7) is -2.99. The van der Waals surface area contributed by atoms with Gasteiger partial charge in [-0.05, 0) is 18.9 Å². The summed E-state index contributed by atoms with van der Waals surface area (Å²) in [4.78, 5) is 25.6. The summed E-state index contributed by atoms with van der Waals surface area (Å²) in [7, 11) is -3.90. The van der Waals surface area contributed by atoms with Gasteiger partial charge in [0.05, 0.1) is 11.7 Å². The van der Waals surface area contributed by atoms with E-state index < -0.39 is 96.5 Å². The fourth-order valence-electron chi connectivity index (χ4n) is 4.16. The number of amides is 2. The van der Waals surface area contributed by atoms with Crippen LogP contribution in [0.3, 0.4) is 0 Å². The molecule has 1 aliphatic carbocycles. The SMILES string of the molecule is CS(=O)(=O)NC(=O)C1(COc2ccccc2C(N2CCN(C(=O)OC(C(F)(F)F)C(F)(F)F)CC2)C(F)(F)F)CC1. The van der Waals surface area contributed by atoms with Crippen LogP contribution in [-0.2, 0) is 19.6 Å². The first-order valence-corrected chi connectivity index (χ1v) is 13.7. The summed E-state index contributed by atoms with van der Waals surface area (Å²) < 4.78 is 153. The lowest BCUT2D eigenvalue weighted by Gasteiger charge is -2.40. The molecule has 9 nitrogen and oxygen atoms in total. The van der Waals surface area contributed by atoms with Crippen LogP contribution in [0.25, 0.3) is 0 Å². The predicted molar refractivity (Wildman–Crippen MR) is 121 cm³/mol. The van der Waals surface area contributed by atoms with Gasteiger partial charge in [0, 0.05) is 31.7 Å². The summed E-state index contributed by atoms with van der Waals surface area (Å²) in [5, 5.41) is 0. The molecule has 1 unspecified atom stereocenters. The van der Waals surface area contributed by atoms with E-state index in [0.717, 1.165) is 17.2 Å². The van der Waals surface area contributed by atoms with Crippen molar-refractivity contribution in [3.05, 3.63) is 29.8 Å². The van der Waals surface area contributed by atoms with Crippen LogP contribution in [0.5, 0.6) is 5.75 Å². The average Bonchev–Trinajstić information content (AvgIpc) is 3.60. The normalized spacial score (nSPS) is 19.0. The van der Waals surface area contributed by atoms with E-state index in [-0.39, 0.29) is 18.6 Å². The highest BCUT2D eigenvalue weighted by Gasteiger charge is 2.60. The van der Waals surface area contributed by atoms with Crippen molar-refractivity contribution in [2.75, 3.05) is 39.0 Å². The lowest BCUT2D eigenvalue weighted by molar-refractivity contribution is -0.308. The van der Waals surface area contributed by atoms with Crippen molar-refractivity contribution in [3.8, 4) is 5.75 Å². The third-order valence-electron chi connectivity index (χ3n) is 6.39. The van der Waals surface area contributed by atoms with Crippen LogP contribution in [0.1, 0.15) is 24.4 Å². The van der Waals surface area contributed by atoms with Crippen molar-refractivity contribution < 1.29 is 67.0 Å². The summed E-state index contributed by atoms with van der Waals surface area (Å²) in [6.07, 6.45) is -22.0. The molecule has 2 amide bonds. The van der Waals surface area contributed by atoms with Gasteiger partial charge in [-0.2, -0.15) is 39.5 Å². The molecule has 1 aromatic carbocycles. The molecular formula is C22H24F9N3O6S. The lowest BCUT2D eigenvalue weighted by atomic mass is 10.0. The molecule has 3 rings (SSSR count). The van der Waals surface area contributed by atoms with Crippen molar-refractivity contribution in [2.24, 2.45) is 5.41 Å². The Morgan fingerprint density at radius 1 is 0.927 bits per heavy atom. The van der Waals surface area contributed by atoms with Gasteiger partial charge in [0.15, 0.2) is 0 Å². The van der Waals surface area contributed by atoms with Crippen LogP contribution in [0.15, 0.2) is 24.3 Å². The zero-order valence-corrected chi connectivity index (χ0v) is 21.9. The number of carbonyl (C=O) groups excluding carboxylic acids is 2. The highest BCUT2D eigenvalue weighted by atomic mass is 32.2. The van der Waals surface area contributed by atoms with E-state index in [2.05, 4.69) is 4.74 Å². The molecule has 2 fully saturated rings. The van der Waals surface area contributed by atoms with E-state index in [1.165, 1.54) is 18.2 Å². The molecule has 1 saturated heterocycles. The van der Waals surface area contributed by atoms with Crippen molar-refractivity contribution >= 4 is 22.0 Å². The van der Waals surface area contributed by atoms with Crippen LogP contribution in [0, 0.1) is 5.41 Å². The van der Waals surface area contributed by atoms with Gasteiger partial charge < -0.3 is 14.4 Å². The molecule has 0 radical (unpaired) electrons. The van der Waals surface area contributed by atoms with Gasteiger partial charge in [-0.25, -0.2) is 13.2 Å². The van der Waals surface area contributed by atoms with E-state index in [4.69, 9.17) is 4.74 Å². The van der Waals surface area contributed by atoms with Crippen LogP contribution >= 0.6 is 0 Å². The highest BCUT2D eigenvalue weighted by Crippen LogP contribution is 2.48. The van der Waals surface area contributed by atoms with E-state index in [1.54, 1.807) is 0 Å². The fourth-order valence-corrected chi connectivity index (χ4v) is 4.71. The van der Waals surface area contributed by atoms with Crippen LogP contribution in [-0.4, -0.2) is 93.9 Å². The Hall–Kier alpha value is -2.96. The molecule has 1 saturated carbocycles. The molecule has 1 N–H and O–H groups in total. The average molecular weight is 629 g/mol. The second-order valence-corrected chi connectivity index (χ2v) is 11.4. The van der Waals surface area contributed by atoms with Crippen LogP contribution in [0.2, 0.25) is 0 Å².